The molecule has 9 nitrogen and oxygen atoms in total. The van der Waals surface area contributed by atoms with Crippen molar-refractivity contribution in [3.8, 4) is 11.5 Å². The first kappa shape index (κ1) is 19.0. The number of fused-ring (bicyclic) bond motifs is 1. The molecule has 9 heteroatoms. The molecule has 0 spiro atoms. The van der Waals surface area contributed by atoms with E-state index in [9.17, 15) is 14.7 Å². The van der Waals surface area contributed by atoms with Crippen LogP contribution < -0.4 is 15.7 Å². The zero-order chi connectivity index (χ0) is 20.5. The minimum Gasteiger partial charge on any atom is -0.508 e. The van der Waals surface area contributed by atoms with Crippen LogP contribution in [0.5, 0.6) is 11.5 Å². The average Bonchev–Trinajstić information content (AvgIpc) is 2.95. The van der Waals surface area contributed by atoms with Crippen molar-refractivity contribution in [2.45, 2.75) is 25.8 Å². The number of amides is 1. The number of imidazole rings is 1. The van der Waals surface area contributed by atoms with E-state index in [0.717, 1.165) is 12.8 Å². The van der Waals surface area contributed by atoms with Gasteiger partial charge in [-0.25, -0.2) is 14.6 Å². The van der Waals surface area contributed by atoms with Gasteiger partial charge in [-0.3, -0.25) is 14.5 Å². The first-order valence-corrected chi connectivity index (χ1v) is 9.37. The summed E-state index contributed by atoms with van der Waals surface area (Å²) in [6.07, 6.45) is 2.37. The molecule has 2 N–H and O–H groups in total. The van der Waals surface area contributed by atoms with E-state index >= 15 is 0 Å². The fourth-order valence-electron chi connectivity index (χ4n) is 3.60. The molecule has 0 atom stereocenters. The Hall–Kier alpha value is -3.33. The number of aromatic hydroxyl groups is 1. The molecule has 0 aliphatic carbocycles. The molecule has 1 fully saturated rings. The first-order chi connectivity index (χ1) is 13.9. The summed E-state index contributed by atoms with van der Waals surface area (Å²) in [5, 5.41) is 12.1. The second-order valence-electron chi connectivity index (χ2n) is 7.08. The Kier molecular flexibility index (Phi) is 4.98. The molecule has 1 amide bonds. The van der Waals surface area contributed by atoms with Gasteiger partial charge in [0, 0.05) is 32.4 Å². The molecular formula is C20H22N4O5. The lowest BCUT2D eigenvalue weighted by molar-refractivity contribution is 0.0696. The van der Waals surface area contributed by atoms with Crippen molar-refractivity contribution < 1.29 is 19.4 Å². The van der Waals surface area contributed by atoms with Gasteiger partial charge in [0.1, 0.15) is 17.3 Å². The molecule has 29 heavy (non-hydrogen) atoms. The van der Waals surface area contributed by atoms with E-state index in [0.29, 0.717) is 35.6 Å². The number of rotatable bonds is 3. The normalized spacial score (nSPS) is 14.8. The summed E-state index contributed by atoms with van der Waals surface area (Å²) in [5.74, 6) is 0.711. The highest BCUT2D eigenvalue weighted by Crippen LogP contribution is 2.26. The molecule has 152 valence electrons. The van der Waals surface area contributed by atoms with Gasteiger partial charge in [-0.05, 0) is 43.5 Å². The zero-order valence-electron chi connectivity index (χ0n) is 16.2. The summed E-state index contributed by atoms with van der Waals surface area (Å²) in [6, 6.07) is 6.18. The number of hydrogen-bond donors (Lipinski definition) is 2. The van der Waals surface area contributed by atoms with Crippen molar-refractivity contribution in [2.75, 3.05) is 18.5 Å². The molecule has 1 saturated heterocycles. The highest BCUT2D eigenvalue weighted by atomic mass is 16.6. The quantitative estimate of drug-likeness (QED) is 0.702. The fraction of sp³-hybridized carbons (Fsp3) is 0.350. The SMILES string of the molecule is Cc1cc(O)ccc1OC(=O)Nc1cc2c(cn1)n(C)c(=O)n2C1CCOCC1. The van der Waals surface area contributed by atoms with Gasteiger partial charge in [-0.2, -0.15) is 0 Å². The van der Waals surface area contributed by atoms with Crippen LogP contribution in [0.4, 0.5) is 10.6 Å². The molecule has 0 radical (unpaired) electrons. The fourth-order valence-corrected chi connectivity index (χ4v) is 3.60. The number of hydrogen-bond acceptors (Lipinski definition) is 6. The van der Waals surface area contributed by atoms with Crippen molar-refractivity contribution in [3.05, 3.63) is 46.5 Å². The summed E-state index contributed by atoms with van der Waals surface area (Å²) < 4.78 is 14.0. The Morgan fingerprint density at radius 3 is 2.76 bits per heavy atom. The molecule has 2 aromatic heterocycles. The second kappa shape index (κ2) is 7.59. The van der Waals surface area contributed by atoms with Crippen LogP contribution in [0.3, 0.4) is 0 Å². The Morgan fingerprint density at radius 2 is 2.03 bits per heavy atom. The second-order valence-corrected chi connectivity index (χ2v) is 7.08. The maximum absolute atomic E-state index is 12.8. The van der Waals surface area contributed by atoms with Gasteiger partial charge < -0.3 is 14.6 Å². The number of anilines is 1. The lowest BCUT2D eigenvalue weighted by Crippen LogP contribution is -2.29. The minimum absolute atomic E-state index is 0.0433. The lowest BCUT2D eigenvalue weighted by atomic mass is 10.1. The van der Waals surface area contributed by atoms with Crippen LogP contribution in [-0.4, -0.2) is 38.5 Å². The molecule has 0 saturated carbocycles. The molecule has 1 aliphatic rings. The summed E-state index contributed by atoms with van der Waals surface area (Å²) in [4.78, 5) is 29.3. The predicted octanol–water partition coefficient (Wildman–Crippen LogP) is 2.71. The topological polar surface area (TPSA) is 108 Å². The van der Waals surface area contributed by atoms with Crippen molar-refractivity contribution in [2.24, 2.45) is 7.05 Å². The number of pyridine rings is 1. The van der Waals surface area contributed by atoms with E-state index in [1.54, 1.807) is 35.4 Å². The highest BCUT2D eigenvalue weighted by Gasteiger charge is 2.22. The van der Waals surface area contributed by atoms with Crippen molar-refractivity contribution in [1.82, 2.24) is 14.1 Å². The van der Waals surface area contributed by atoms with E-state index in [2.05, 4.69) is 10.3 Å². The molecule has 3 aromatic rings. The van der Waals surface area contributed by atoms with Crippen molar-refractivity contribution >= 4 is 22.9 Å². The van der Waals surface area contributed by atoms with Gasteiger partial charge in [0.15, 0.2) is 0 Å². The largest absolute Gasteiger partial charge is 0.508 e. The van der Waals surface area contributed by atoms with Crippen molar-refractivity contribution in [3.63, 3.8) is 0 Å². The number of ether oxygens (including phenoxy) is 2. The summed E-state index contributed by atoms with van der Waals surface area (Å²) >= 11 is 0. The third-order valence-electron chi connectivity index (χ3n) is 5.12. The smallest absolute Gasteiger partial charge is 0.418 e. The number of aryl methyl sites for hydroxylation is 2. The van der Waals surface area contributed by atoms with Gasteiger partial charge in [0.25, 0.3) is 0 Å². The van der Waals surface area contributed by atoms with Crippen LogP contribution in [-0.2, 0) is 11.8 Å². The zero-order valence-corrected chi connectivity index (χ0v) is 16.2. The first-order valence-electron chi connectivity index (χ1n) is 9.37. The standard InChI is InChI=1S/C20H22N4O5/c1-12-9-14(25)3-4-17(12)29-19(26)22-18-10-15-16(11-21-18)23(2)20(27)24(15)13-5-7-28-8-6-13/h3-4,9-11,13,25H,5-8H2,1-2H3,(H,21,22,26). The van der Waals surface area contributed by atoms with E-state index < -0.39 is 6.09 Å². The number of aromatic nitrogens is 3. The van der Waals surface area contributed by atoms with Crippen LogP contribution in [0.25, 0.3) is 11.0 Å². The van der Waals surface area contributed by atoms with E-state index in [4.69, 9.17) is 9.47 Å². The number of phenols is 1. The highest BCUT2D eigenvalue weighted by molar-refractivity contribution is 5.88. The Morgan fingerprint density at radius 1 is 1.28 bits per heavy atom. The molecule has 3 heterocycles. The third kappa shape index (κ3) is 3.68. The average molecular weight is 398 g/mol. The van der Waals surface area contributed by atoms with Crippen LogP contribution in [0, 0.1) is 6.92 Å². The van der Waals surface area contributed by atoms with Crippen LogP contribution >= 0.6 is 0 Å². The van der Waals surface area contributed by atoms with Crippen LogP contribution in [0.15, 0.2) is 35.3 Å². The maximum atomic E-state index is 12.8. The number of carbonyl (C=O) groups excluding carboxylic acids is 1. The predicted molar refractivity (Wildman–Crippen MR) is 107 cm³/mol. The number of nitrogens with one attached hydrogen (secondary N) is 1. The molecule has 0 unspecified atom stereocenters. The number of carbonyl (C=O) groups is 1. The van der Waals surface area contributed by atoms with Crippen LogP contribution in [0.1, 0.15) is 24.4 Å². The summed E-state index contributed by atoms with van der Waals surface area (Å²) in [7, 11) is 1.71. The Bertz CT molecular complexity index is 1130. The van der Waals surface area contributed by atoms with Gasteiger partial charge in [0.05, 0.1) is 17.2 Å². The lowest BCUT2D eigenvalue weighted by Gasteiger charge is -2.23. The number of phenolic OH excluding ortho intramolecular Hbond substituents is 1. The van der Waals surface area contributed by atoms with Gasteiger partial charge in [0.2, 0.25) is 0 Å². The molecule has 4 rings (SSSR count). The molecule has 1 aliphatic heterocycles. The summed E-state index contributed by atoms with van der Waals surface area (Å²) in [6.45, 7) is 2.95. The molecule has 0 bridgehead atoms. The van der Waals surface area contributed by atoms with Crippen LogP contribution in [0.2, 0.25) is 0 Å². The minimum atomic E-state index is -0.707. The third-order valence-corrected chi connectivity index (χ3v) is 5.12. The Labute approximate surface area is 166 Å². The van der Waals surface area contributed by atoms with Gasteiger partial charge in [-0.15, -0.1) is 0 Å². The van der Waals surface area contributed by atoms with E-state index in [-0.39, 0.29) is 23.3 Å². The van der Waals surface area contributed by atoms with Gasteiger partial charge >= 0.3 is 11.8 Å². The Balaban J connectivity index is 1.61. The van der Waals surface area contributed by atoms with Crippen molar-refractivity contribution in [1.29, 1.82) is 0 Å². The molecular weight excluding hydrogens is 376 g/mol. The molecule has 1 aromatic carbocycles. The summed E-state index contributed by atoms with van der Waals surface area (Å²) in [5.41, 5.74) is 1.90. The number of benzene rings is 1. The monoisotopic (exact) mass is 398 g/mol. The van der Waals surface area contributed by atoms with E-state index in [1.165, 1.54) is 18.2 Å². The van der Waals surface area contributed by atoms with E-state index in [1.807, 2.05) is 0 Å². The maximum Gasteiger partial charge on any atom is 0.418 e. The number of nitrogens with zero attached hydrogens (tertiary/aromatic N) is 3. The van der Waals surface area contributed by atoms with Gasteiger partial charge in [-0.1, -0.05) is 0 Å².